The van der Waals surface area contributed by atoms with Crippen molar-refractivity contribution in [3.05, 3.63) is 165 Å². The Kier molecular flexibility index (Phi) is 7.40. The highest BCUT2D eigenvalue weighted by molar-refractivity contribution is 5.65. The van der Waals surface area contributed by atoms with Crippen LogP contribution >= 0.6 is 0 Å². The smallest absolute Gasteiger partial charge is 0.129 e. The fraction of sp³-hybridized carbons (Fsp3) is 0.375. The second-order valence-corrected chi connectivity index (χ2v) is 16.1. The summed E-state index contributed by atoms with van der Waals surface area (Å²) in [5.41, 5.74) is 14.6. The van der Waals surface area contributed by atoms with Crippen LogP contribution in [0.3, 0.4) is 0 Å². The van der Waals surface area contributed by atoms with Crippen LogP contribution in [-0.4, -0.2) is 27.7 Å². The number of ether oxygens (including phenoxy) is 2. The predicted octanol–water partition coefficient (Wildman–Crippen LogP) is 10.5. The Balaban J connectivity index is 1.04. The van der Waals surface area contributed by atoms with E-state index in [1.54, 1.807) is 16.7 Å². The number of allylic oxidation sites excluding steroid dienone is 13. The first kappa shape index (κ1) is 30.9. The third-order valence-corrected chi connectivity index (χ3v) is 13.3. The average Bonchev–Trinajstić information content (AvgIpc) is 3.88. The van der Waals surface area contributed by atoms with E-state index in [0.717, 1.165) is 57.8 Å². The van der Waals surface area contributed by atoms with Crippen molar-refractivity contribution < 1.29 is 9.47 Å². The first-order chi connectivity index (χ1) is 25.8. The summed E-state index contributed by atoms with van der Waals surface area (Å²) in [6, 6.07) is 11.3. The second-order valence-electron chi connectivity index (χ2n) is 16.1. The Morgan fingerprint density at radius 3 is 2.58 bits per heavy atom. The zero-order valence-electron chi connectivity index (χ0n) is 30.1. The highest BCUT2D eigenvalue weighted by Crippen LogP contribution is 2.51. The number of benzene rings is 1. The first-order valence-corrected chi connectivity index (χ1v) is 20.2. The fourth-order valence-electron chi connectivity index (χ4n) is 11.0. The third kappa shape index (κ3) is 4.86. The fourth-order valence-corrected chi connectivity index (χ4v) is 11.0. The molecule has 6 atom stereocenters. The van der Waals surface area contributed by atoms with Gasteiger partial charge in [-0.1, -0.05) is 84.5 Å². The number of nitrogens with zero attached hydrogens (tertiary/aromatic N) is 2. The molecule has 0 fully saturated rings. The number of rotatable bonds is 5. The van der Waals surface area contributed by atoms with Gasteiger partial charge in [-0.25, -0.2) is 0 Å². The summed E-state index contributed by atoms with van der Waals surface area (Å²) in [4.78, 5) is 2.77. The van der Waals surface area contributed by atoms with E-state index in [1.807, 2.05) is 0 Å². The molecule has 262 valence electrons. The minimum atomic E-state index is 0.0472. The van der Waals surface area contributed by atoms with Gasteiger partial charge >= 0.3 is 0 Å². The molecule has 2 aliphatic heterocycles. The van der Waals surface area contributed by atoms with Crippen LogP contribution in [0.15, 0.2) is 143 Å². The molecule has 0 spiro atoms. The molecule has 1 aromatic carbocycles. The van der Waals surface area contributed by atoms with Crippen molar-refractivity contribution in [2.75, 3.05) is 0 Å². The quantitative estimate of drug-likeness (QED) is 0.293. The van der Waals surface area contributed by atoms with E-state index in [2.05, 4.69) is 119 Å². The molecule has 11 rings (SSSR count). The molecule has 4 heteroatoms. The van der Waals surface area contributed by atoms with Gasteiger partial charge in [0.05, 0.1) is 12.0 Å². The van der Waals surface area contributed by atoms with E-state index in [-0.39, 0.29) is 24.2 Å². The van der Waals surface area contributed by atoms with Crippen molar-refractivity contribution in [1.82, 2.24) is 9.47 Å². The van der Waals surface area contributed by atoms with E-state index in [1.165, 1.54) is 70.4 Å². The van der Waals surface area contributed by atoms with Gasteiger partial charge in [-0.2, -0.15) is 0 Å². The number of aromatic nitrogens is 1. The SMILES string of the molecule is C1=CCCC(C2CCc3c4c(n(-c5ccccc5)c3C2)C=CC(N(C2=CCCC3=C2C2C=CCCC2O3)C2=CC=CC3OC5=C(C=CCC5)C23)C4)=C1. The van der Waals surface area contributed by atoms with Gasteiger partial charge in [-0.05, 0) is 112 Å². The second kappa shape index (κ2) is 12.5. The zero-order chi connectivity index (χ0) is 34.2. The van der Waals surface area contributed by atoms with Crippen LogP contribution in [0.4, 0.5) is 0 Å². The van der Waals surface area contributed by atoms with Gasteiger partial charge in [0.2, 0.25) is 0 Å². The number of hydrogen-bond acceptors (Lipinski definition) is 3. The van der Waals surface area contributed by atoms with Crippen LogP contribution in [0.25, 0.3) is 11.8 Å². The van der Waals surface area contributed by atoms with Gasteiger partial charge in [0, 0.05) is 58.4 Å². The molecular weight excluding hydrogens is 637 g/mol. The molecule has 0 N–H and O–H groups in total. The summed E-state index contributed by atoms with van der Waals surface area (Å²) < 4.78 is 16.1. The minimum Gasteiger partial charge on any atom is -0.493 e. The molecular formula is C48H48N2O2. The molecule has 0 amide bonds. The highest BCUT2D eigenvalue weighted by atomic mass is 16.5. The van der Waals surface area contributed by atoms with Crippen LogP contribution in [0.1, 0.15) is 80.3 Å². The summed E-state index contributed by atoms with van der Waals surface area (Å²) in [5, 5.41) is 0. The van der Waals surface area contributed by atoms with Crippen molar-refractivity contribution >= 4 is 6.08 Å². The van der Waals surface area contributed by atoms with Crippen LogP contribution in [-0.2, 0) is 28.7 Å². The number of fused-ring (bicyclic) bond motifs is 7. The molecule has 2 aromatic rings. The van der Waals surface area contributed by atoms with Gasteiger partial charge in [0.25, 0.3) is 0 Å². The molecule has 52 heavy (non-hydrogen) atoms. The monoisotopic (exact) mass is 684 g/mol. The van der Waals surface area contributed by atoms with Crippen molar-refractivity contribution in [3.63, 3.8) is 0 Å². The topological polar surface area (TPSA) is 26.6 Å². The summed E-state index contributed by atoms with van der Waals surface area (Å²) >= 11 is 0. The average molecular weight is 685 g/mol. The number of hydrogen-bond donors (Lipinski definition) is 0. The Bertz CT molecular complexity index is 2140. The Morgan fingerprint density at radius 1 is 0.731 bits per heavy atom. The summed E-state index contributed by atoms with van der Waals surface area (Å²) in [5.74, 6) is 3.57. The van der Waals surface area contributed by atoms with Gasteiger partial charge in [-0.15, -0.1) is 0 Å². The van der Waals surface area contributed by atoms with Gasteiger partial charge in [0.1, 0.15) is 23.7 Å². The zero-order valence-corrected chi connectivity index (χ0v) is 30.1. The lowest BCUT2D eigenvalue weighted by Gasteiger charge is -2.43. The normalized spacial score (nSPS) is 30.7. The summed E-state index contributed by atoms with van der Waals surface area (Å²) in [6.45, 7) is 0. The van der Waals surface area contributed by atoms with Crippen molar-refractivity contribution in [2.24, 2.45) is 17.8 Å². The predicted molar refractivity (Wildman–Crippen MR) is 208 cm³/mol. The largest absolute Gasteiger partial charge is 0.493 e. The van der Waals surface area contributed by atoms with E-state index in [9.17, 15) is 0 Å². The molecule has 3 heterocycles. The molecule has 0 saturated carbocycles. The highest BCUT2D eigenvalue weighted by Gasteiger charge is 2.46. The van der Waals surface area contributed by atoms with Crippen LogP contribution < -0.4 is 0 Å². The molecule has 6 unspecified atom stereocenters. The first-order valence-electron chi connectivity index (χ1n) is 20.2. The molecule has 0 radical (unpaired) electrons. The maximum Gasteiger partial charge on any atom is 0.129 e. The van der Waals surface area contributed by atoms with Crippen LogP contribution in [0.5, 0.6) is 0 Å². The van der Waals surface area contributed by atoms with E-state index in [0.29, 0.717) is 11.8 Å². The van der Waals surface area contributed by atoms with E-state index >= 15 is 0 Å². The minimum absolute atomic E-state index is 0.0472. The summed E-state index contributed by atoms with van der Waals surface area (Å²) in [7, 11) is 0. The lowest BCUT2D eigenvalue weighted by molar-refractivity contribution is 0.108. The molecule has 7 aliphatic carbocycles. The summed E-state index contributed by atoms with van der Waals surface area (Å²) in [6.07, 6.45) is 44.6. The molecule has 4 nitrogen and oxygen atoms in total. The van der Waals surface area contributed by atoms with Crippen LogP contribution in [0, 0.1) is 17.8 Å². The van der Waals surface area contributed by atoms with Gasteiger partial charge < -0.3 is 18.9 Å². The van der Waals surface area contributed by atoms with Gasteiger partial charge in [-0.3, -0.25) is 0 Å². The molecule has 9 aliphatic rings. The molecule has 1 aromatic heterocycles. The van der Waals surface area contributed by atoms with Gasteiger partial charge in [0.15, 0.2) is 0 Å². The lowest BCUT2D eigenvalue weighted by Crippen LogP contribution is -2.42. The van der Waals surface area contributed by atoms with Crippen molar-refractivity contribution in [1.29, 1.82) is 0 Å². The van der Waals surface area contributed by atoms with E-state index < -0.39 is 0 Å². The maximum atomic E-state index is 6.79. The Hall–Kier alpha value is -4.70. The van der Waals surface area contributed by atoms with Crippen molar-refractivity contribution in [2.45, 2.75) is 95.3 Å². The Labute approximate surface area is 308 Å². The third-order valence-electron chi connectivity index (χ3n) is 13.3. The molecule has 0 bridgehead atoms. The molecule has 0 saturated heterocycles. The number of para-hydroxylation sites is 1. The van der Waals surface area contributed by atoms with E-state index in [4.69, 9.17) is 9.47 Å². The van der Waals surface area contributed by atoms with Crippen LogP contribution in [0.2, 0.25) is 0 Å². The standard InChI is InChI=1S/C48H48N2O2/c1-3-13-31(14-4-1)32-25-27-35-38-30-34(26-28-39(38)49(42(35)29-32)33-15-5-2-6-16-33)50(40-19-11-23-45-47(40)36-17-7-9-21-43(36)51-45)41-20-12-24-46-48(41)37-18-8-10-22-44(37)52-46/h1-3,5-8,11,13,15-20,23,26,28,32,34,37,44-45,47H,4,9-10,12,14,21-22,24-25,27,29-30H2. The Morgan fingerprint density at radius 2 is 1.65 bits per heavy atom. The lowest BCUT2D eigenvalue weighted by atomic mass is 9.78. The van der Waals surface area contributed by atoms with Crippen molar-refractivity contribution in [3.8, 4) is 5.69 Å². The maximum absolute atomic E-state index is 6.79.